The minimum atomic E-state index is -4.64. The number of aromatic amines is 1. The molecule has 10 rings (SSSR count). The molecule has 0 atom stereocenters. The fourth-order valence-corrected chi connectivity index (χ4v) is 6.66. The normalized spacial score (nSPS) is 11.4. The predicted molar refractivity (Wildman–Crippen MR) is 249 cm³/mol. The summed E-state index contributed by atoms with van der Waals surface area (Å²) in [6.45, 7) is 3.81. The summed E-state index contributed by atoms with van der Waals surface area (Å²) in [5, 5.41) is 5.68. The molecule has 10 aromatic rings. The van der Waals surface area contributed by atoms with Crippen LogP contribution in [-0.4, -0.2) is 71.5 Å². The van der Waals surface area contributed by atoms with Crippen molar-refractivity contribution in [2.75, 3.05) is 23.5 Å². The highest BCUT2D eigenvalue weighted by molar-refractivity contribution is 5.88. The number of nitrogens with one attached hydrogen (secondary N) is 3. The number of pyridine rings is 5. The number of rotatable bonds is 9. The smallest absolute Gasteiger partial charge is 0.433 e. The molecule has 0 aliphatic rings. The Balaban J connectivity index is 0.000000173. The van der Waals surface area contributed by atoms with Gasteiger partial charge in [-0.2, -0.15) is 26.3 Å². The number of nitrogens with two attached hydrogens (primary N) is 1. The van der Waals surface area contributed by atoms with Gasteiger partial charge in [0.1, 0.15) is 45.7 Å². The second kappa shape index (κ2) is 20.9. The molecular formula is C47H35F9N16O. The molecule has 0 aliphatic heterocycles. The lowest BCUT2D eigenvalue weighted by molar-refractivity contribution is -0.141. The van der Waals surface area contributed by atoms with Gasteiger partial charge in [0.2, 0.25) is 0 Å². The molecule has 9 heterocycles. The Bertz CT molecular complexity index is 3550. The Labute approximate surface area is 405 Å². The Hall–Kier alpha value is -9.36. The highest BCUT2D eigenvalue weighted by Gasteiger charge is 2.34. The second-order valence-corrected chi connectivity index (χ2v) is 15.2. The summed E-state index contributed by atoms with van der Waals surface area (Å²) in [4.78, 5) is 47.2. The van der Waals surface area contributed by atoms with Crippen molar-refractivity contribution in [1.82, 2.24) is 64.4 Å². The van der Waals surface area contributed by atoms with E-state index in [0.29, 0.717) is 40.6 Å². The predicted octanol–water partition coefficient (Wildman–Crippen LogP) is 10.4. The first-order valence-corrected chi connectivity index (χ1v) is 21.1. The molecule has 17 nitrogen and oxygen atoms in total. The molecule has 0 spiro atoms. The number of methoxy groups -OCH3 is 1. The topological polar surface area (TPSA) is 222 Å². The molecule has 26 heteroatoms. The first kappa shape index (κ1) is 50.0. The molecule has 0 aliphatic carbocycles. The van der Waals surface area contributed by atoms with Crippen LogP contribution in [0.1, 0.15) is 28.6 Å². The van der Waals surface area contributed by atoms with Crippen molar-refractivity contribution >= 4 is 51.0 Å². The molecule has 0 bridgehead atoms. The molecular weight excluding hydrogens is 976 g/mol. The number of hydrogen-bond donors (Lipinski definition) is 4. The lowest BCUT2D eigenvalue weighted by Gasteiger charge is -2.12. The monoisotopic (exact) mass is 1010 g/mol. The quantitative estimate of drug-likeness (QED) is 0.0988. The molecule has 1 aromatic carbocycles. The maximum atomic E-state index is 14.4. The number of fused-ring (bicyclic) bond motifs is 2. The van der Waals surface area contributed by atoms with E-state index >= 15 is 0 Å². The van der Waals surface area contributed by atoms with Crippen molar-refractivity contribution in [3.05, 3.63) is 162 Å². The number of nitrogen functional groups attached to an aromatic ring is 1. The second-order valence-electron chi connectivity index (χ2n) is 15.2. The fraction of sp³-hybridized carbons (Fsp3) is 0.128. The Morgan fingerprint density at radius 1 is 0.603 bits per heavy atom. The van der Waals surface area contributed by atoms with Gasteiger partial charge in [0.25, 0.3) is 0 Å². The standard InChI is InChI=1S/C25H19F4N7O.C17H11F4N7.C5H5FN2/c1-14-31-21-23(33-18-10-11-30-12-17(18)26)34-22(19-4-3-5-20(32-19)25(27,28)29)35-24(21)36(14)13-15-6-8-16(37-2)9-7-15;1-8-23-13-15(24-8)27-14(11-3-2-4-12(25-11)17(19,20)21)28-16(13)26-10-5-6-22-7-9(10)18;6-4-3-8-2-1-5(4)7/h3-12H,13H2,1-2H3,(H,30,33,34,35);2-7H,1H3,(H2,22,23,24,26,27,28);1-3H,(H2,7,8). The lowest BCUT2D eigenvalue weighted by atomic mass is 10.2. The van der Waals surface area contributed by atoms with Gasteiger partial charge in [0.15, 0.2) is 57.5 Å². The summed E-state index contributed by atoms with van der Waals surface area (Å²) in [6, 6.07) is 18.5. The van der Waals surface area contributed by atoms with Crippen molar-refractivity contribution in [3.63, 3.8) is 0 Å². The van der Waals surface area contributed by atoms with Crippen LogP contribution in [0.5, 0.6) is 5.75 Å². The van der Waals surface area contributed by atoms with E-state index in [9.17, 15) is 39.5 Å². The molecule has 0 fully saturated rings. The summed E-state index contributed by atoms with van der Waals surface area (Å²) >= 11 is 0. The van der Waals surface area contributed by atoms with Gasteiger partial charge in [-0.25, -0.2) is 53.0 Å². The van der Waals surface area contributed by atoms with E-state index in [1.165, 1.54) is 61.1 Å². The number of H-pyrrole nitrogens is 1. The van der Waals surface area contributed by atoms with Gasteiger partial charge in [-0.1, -0.05) is 24.3 Å². The van der Waals surface area contributed by atoms with Gasteiger partial charge in [-0.15, -0.1) is 0 Å². The molecule has 0 saturated carbocycles. The minimum absolute atomic E-state index is 0.0697. The number of halogens is 9. The molecule has 0 unspecified atom stereocenters. The van der Waals surface area contributed by atoms with E-state index in [1.54, 1.807) is 25.5 Å². The maximum Gasteiger partial charge on any atom is 0.433 e. The van der Waals surface area contributed by atoms with Crippen LogP contribution in [0.3, 0.4) is 0 Å². The van der Waals surface area contributed by atoms with E-state index in [1.807, 2.05) is 24.3 Å². The van der Waals surface area contributed by atoms with E-state index in [2.05, 4.69) is 70.4 Å². The molecule has 0 saturated heterocycles. The number of ether oxygens (including phenoxy) is 1. The summed E-state index contributed by atoms with van der Waals surface area (Å²) in [6.07, 6.45) is -1.90. The highest BCUT2D eigenvalue weighted by atomic mass is 19.4. The third-order valence-corrected chi connectivity index (χ3v) is 10.1. The van der Waals surface area contributed by atoms with Crippen LogP contribution in [-0.2, 0) is 18.9 Å². The van der Waals surface area contributed by atoms with Crippen LogP contribution in [0.4, 0.5) is 68.2 Å². The maximum absolute atomic E-state index is 14.4. The minimum Gasteiger partial charge on any atom is -0.497 e. The first-order chi connectivity index (χ1) is 34.8. The molecule has 372 valence electrons. The van der Waals surface area contributed by atoms with Crippen LogP contribution >= 0.6 is 0 Å². The fourth-order valence-electron chi connectivity index (χ4n) is 6.66. The van der Waals surface area contributed by atoms with Crippen LogP contribution in [0, 0.1) is 31.3 Å². The number of benzene rings is 1. The van der Waals surface area contributed by atoms with E-state index in [4.69, 9.17) is 10.5 Å². The van der Waals surface area contributed by atoms with Gasteiger partial charge in [-0.3, -0.25) is 15.0 Å². The van der Waals surface area contributed by atoms with Crippen molar-refractivity contribution in [3.8, 4) is 28.8 Å². The zero-order chi connectivity index (χ0) is 52.0. The molecule has 73 heavy (non-hydrogen) atoms. The highest BCUT2D eigenvalue weighted by Crippen LogP contribution is 2.33. The van der Waals surface area contributed by atoms with Gasteiger partial charge in [-0.05, 0) is 74.0 Å². The molecule has 5 N–H and O–H groups in total. The van der Waals surface area contributed by atoms with Gasteiger partial charge in [0.05, 0.1) is 49.3 Å². The number of nitrogens with zero attached hydrogens (tertiary/aromatic N) is 12. The van der Waals surface area contributed by atoms with Crippen LogP contribution < -0.4 is 21.1 Å². The van der Waals surface area contributed by atoms with E-state index < -0.39 is 41.2 Å². The van der Waals surface area contributed by atoms with Crippen molar-refractivity contribution < 1.29 is 44.3 Å². The average Bonchev–Trinajstić information content (AvgIpc) is 3.91. The number of aryl methyl sites for hydroxylation is 2. The van der Waals surface area contributed by atoms with Gasteiger partial charge < -0.3 is 30.7 Å². The number of imidazole rings is 2. The molecule has 9 aromatic heterocycles. The number of alkyl halides is 6. The zero-order valence-corrected chi connectivity index (χ0v) is 37.9. The number of anilines is 5. The lowest BCUT2D eigenvalue weighted by Crippen LogP contribution is -2.09. The SMILES string of the molecule is COc1ccc(Cn2c(C)nc3c(Nc4ccncc4F)nc(-c4cccc(C(F)(F)F)n4)nc32)cc1.Cc1nc2nc(-c3cccc(C(F)(F)F)n3)nc(Nc3ccncc3F)c2[nH]1.Nc1ccncc1F. The van der Waals surface area contributed by atoms with E-state index in [-0.39, 0.29) is 57.4 Å². The molecule has 0 radical (unpaired) electrons. The zero-order valence-electron chi connectivity index (χ0n) is 37.9. The first-order valence-electron chi connectivity index (χ1n) is 21.1. The number of aromatic nitrogens is 13. The van der Waals surface area contributed by atoms with E-state index in [0.717, 1.165) is 36.3 Å². The van der Waals surface area contributed by atoms with Crippen LogP contribution in [0.2, 0.25) is 0 Å². The summed E-state index contributed by atoms with van der Waals surface area (Å²) < 4.78 is 126. The Kier molecular flexibility index (Phi) is 14.3. The van der Waals surface area contributed by atoms with Gasteiger partial charge >= 0.3 is 12.4 Å². The third kappa shape index (κ3) is 11.8. The van der Waals surface area contributed by atoms with Gasteiger partial charge in [0, 0.05) is 18.6 Å². The Morgan fingerprint density at radius 3 is 1.66 bits per heavy atom. The van der Waals surface area contributed by atoms with Crippen LogP contribution in [0.15, 0.2) is 116 Å². The summed E-state index contributed by atoms with van der Waals surface area (Å²) in [5.74, 6) is 0.157. The van der Waals surface area contributed by atoms with Crippen molar-refractivity contribution in [2.24, 2.45) is 0 Å². The van der Waals surface area contributed by atoms with Crippen LogP contribution in [0.25, 0.3) is 45.4 Å². The third-order valence-electron chi connectivity index (χ3n) is 10.1. The number of hydrogen-bond acceptors (Lipinski definition) is 15. The average molecular weight is 1010 g/mol. The van der Waals surface area contributed by atoms with Crippen molar-refractivity contribution in [1.29, 1.82) is 0 Å². The Morgan fingerprint density at radius 2 is 1.14 bits per heavy atom. The largest absolute Gasteiger partial charge is 0.497 e. The summed E-state index contributed by atoms with van der Waals surface area (Å²) in [5.41, 5.74) is 5.23. The molecule has 0 amide bonds. The summed E-state index contributed by atoms with van der Waals surface area (Å²) in [7, 11) is 1.57. The van der Waals surface area contributed by atoms with Crippen molar-refractivity contribution in [2.45, 2.75) is 32.7 Å².